The molecule has 0 radical (unpaired) electrons. The minimum Gasteiger partial charge on any atom is -0.292 e. The number of rotatable bonds is 5. The highest BCUT2D eigenvalue weighted by atomic mass is 32.1. The molecule has 7 nitrogen and oxygen atoms in total. The van der Waals surface area contributed by atoms with Gasteiger partial charge in [0.05, 0.1) is 37.0 Å². The van der Waals surface area contributed by atoms with E-state index < -0.39 is 0 Å². The van der Waals surface area contributed by atoms with Crippen LogP contribution in [0.2, 0.25) is 0 Å². The average molecular weight is 854 g/mol. The molecule has 0 saturated heterocycles. The second-order valence-electron chi connectivity index (χ2n) is 16.0. The summed E-state index contributed by atoms with van der Waals surface area (Å²) in [4.78, 5) is 26.8. The third-order valence-electron chi connectivity index (χ3n) is 12.5. The Morgan fingerprint density at radius 1 is 0.344 bits per heavy atom. The highest BCUT2D eigenvalue weighted by Crippen LogP contribution is 2.48. The van der Waals surface area contributed by atoms with Gasteiger partial charge in [0.1, 0.15) is 0 Å². The molecule has 0 N–H and O–H groups in total. The van der Waals surface area contributed by atoms with Crippen LogP contribution >= 0.6 is 22.7 Å². The molecule has 0 spiro atoms. The molecule has 0 aliphatic heterocycles. The van der Waals surface area contributed by atoms with Crippen LogP contribution in [0, 0.1) is 0 Å². The monoisotopic (exact) mass is 853 g/mol. The summed E-state index contributed by atoms with van der Waals surface area (Å²) in [5.41, 5.74) is 6.69. The molecule has 7 aromatic heterocycles. The fourth-order valence-electron chi connectivity index (χ4n) is 9.74. The quantitative estimate of drug-likeness (QED) is 0.172. The second-order valence-corrected chi connectivity index (χ2v) is 18.1. The van der Waals surface area contributed by atoms with Crippen LogP contribution in [0.15, 0.2) is 188 Å². The van der Waals surface area contributed by atoms with E-state index in [4.69, 9.17) is 24.9 Å². The van der Waals surface area contributed by atoms with Crippen LogP contribution in [-0.4, -0.2) is 34.1 Å². The zero-order valence-electron chi connectivity index (χ0n) is 33.8. The van der Waals surface area contributed by atoms with Crippen LogP contribution in [0.25, 0.3) is 130 Å². The van der Waals surface area contributed by atoms with Gasteiger partial charge in [0, 0.05) is 76.0 Å². The van der Waals surface area contributed by atoms with Gasteiger partial charge in [-0.25, -0.2) is 24.9 Å². The second kappa shape index (κ2) is 13.7. The van der Waals surface area contributed by atoms with Crippen molar-refractivity contribution >= 4 is 107 Å². The molecule has 9 heteroatoms. The molecule has 0 saturated carbocycles. The molecule has 7 aromatic carbocycles. The number of fused-ring (bicyclic) bond motifs is 12. The SMILES string of the molecule is c1ccc(-c2nc(-c3ccccc3)nc(-c3c4c(cc5c6ccccc6n(-c6nccc7c6sc6ccccc67)c35)c3ccccc3n4-c3nccc4c3sc3ccccc34)n2)cc1. The Morgan fingerprint density at radius 3 is 1.23 bits per heavy atom. The molecule has 0 fully saturated rings. The van der Waals surface area contributed by atoms with E-state index in [-0.39, 0.29) is 0 Å². The van der Waals surface area contributed by atoms with E-state index in [0.717, 1.165) is 81.3 Å². The number of para-hydroxylation sites is 2. The number of thiophene rings is 2. The van der Waals surface area contributed by atoms with Crippen LogP contribution in [-0.2, 0) is 0 Å². The van der Waals surface area contributed by atoms with E-state index >= 15 is 0 Å². The molecule has 0 unspecified atom stereocenters. The minimum absolute atomic E-state index is 0.559. The predicted octanol–water partition coefficient (Wildman–Crippen LogP) is 14.6. The first-order chi connectivity index (χ1) is 31.8. The number of pyridine rings is 2. The third-order valence-corrected chi connectivity index (χ3v) is 14.9. The maximum absolute atomic E-state index is 5.52. The average Bonchev–Trinajstić information content (AvgIpc) is 4.12. The highest BCUT2D eigenvalue weighted by molar-refractivity contribution is 7.26. The Kier molecular flexibility index (Phi) is 7.59. The van der Waals surface area contributed by atoms with Crippen LogP contribution in [0.4, 0.5) is 0 Å². The van der Waals surface area contributed by atoms with Gasteiger partial charge in [0.15, 0.2) is 29.1 Å². The maximum atomic E-state index is 5.52. The summed E-state index contributed by atoms with van der Waals surface area (Å²) >= 11 is 3.55. The van der Waals surface area contributed by atoms with Crippen LogP contribution in [0.3, 0.4) is 0 Å². The summed E-state index contributed by atoms with van der Waals surface area (Å²) in [6.45, 7) is 0. The molecule has 64 heavy (non-hydrogen) atoms. The Morgan fingerprint density at radius 2 is 0.750 bits per heavy atom. The van der Waals surface area contributed by atoms with Crippen molar-refractivity contribution in [2.45, 2.75) is 0 Å². The maximum Gasteiger partial charge on any atom is 0.168 e. The first-order valence-corrected chi connectivity index (χ1v) is 22.8. The smallest absolute Gasteiger partial charge is 0.168 e. The number of nitrogens with zero attached hydrogens (tertiary/aromatic N) is 7. The molecule has 0 aliphatic rings. The molecule has 0 aliphatic carbocycles. The predicted molar refractivity (Wildman–Crippen MR) is 266 cm³/mol. The van der Waals surface area contributed by atoms with E-state index in [2.05, 4.69) is 149 Å². The van der Waals surface area contributed by atoms with E-state index in [1.54, 1.807) is 22.7 Å². The normalized spacial score (nSPS) is 12.1. The molecular formula is C55H31N7S2. The lowest BCUT2D eigenvalue weighted by molar-refractivity contribution is 1.06. The lowest BCUT2D eigenvalue weighted by Crippen LogP contribution is -2.05. The molecular weight excluding hydrogens is 823 g/mol. The summed E-state index contributed by atoms with van der Waals surface area (Å²) in [6.07, 6.45) is 3.89. The van der Waals surface area contributed by atoms with E-state index in [1.807, 2.05) is 48.8 Å². The van der Waals surface area contributed by atoms with Crippen molar-refractivity contribution < 1.29 is 0 Å². The van der Waals surface area contributed by atoms with E-state index in [0.29, 0.717) is 17.5 Å². The van der Waals surface area contributed by atoms with Crippen molar-refractivity contribution in [1.82, 2.24) is 34.1 Å². The van der Waals surface area contributed by atoms with Crippen molar-refractivity contribution in [1.29, 1.82) is 0 Å². The first-order valence-electron chi connectivity index (χ1n) is 21.2. The molecule has 14 aromatic rings. The largest absolute Gasteiger partial charge is 0.292 e. The summed E-state index contributed by atoms with van der Waals surface area (Å²) in [5, 5.41) is 9.17. The van der Waals surface area contributed by atoms with Crippen molar-refractivity contribution in [2.75, 3.05) is 0 Å². The number of hydrogen-bond donors (Lipinski definition) is 0. The minimum atomic E-state index is 0.559. The lowest BCUT2D eigenvalue weighted by atomic mass is 10.0. The van der Waals surface area contributed by atoms with Crippen LogP contribution in [0.5, 0.6) is 0 Å². The highest BCUT2D eigenvalue weighted by Gasteiger charge is 2.29. The summed E-state index contributed by atoms with van der Waals surface area (Å²) in [7, 11) is 0. The zero-order valence-corrected chi connectivity index (χ0v) is 35.5. The van der Waals surface area contributed by atoms with Gasteiger partial charge >= 0.3 is 0 Å². The van der Waals surface area contributed by atoms with Gasteiger partial charge < -0.3 is 0 Å². The third kappa shape index (κ3) is 5.10. The van der Waals surface area contributed by atoms with Crippen LogP contribution in [0.1, 0.15) is 0 Å². The molecule has 0 amide bonds. The fraction of sp³-hybridized carbons (Fsp3) is 0. The Hall–Kier alpha value is -8.11. The van der Waals surface area contributed by atoms with Gasteiger partial charge in [-0.2, -0.15) is 0 Å². The van der Waals surface area contributed by atoms with Crippen LogP contribution < -0.4 is 0 Å². The molecule has 0 atom stereocenters. The van der Waals surface area contributed by atoms with Gasteiger partial charge in [0.25, 0.3) is 0 Å². The van der Waals surface area contributed by atoms with Crippen molar-refractivity contribution in [3.8, 4) is 45.8 Å². The van der Waals surface area contributed by atoms with E-state index in [9.17, 15) is 0 Å². The zero-order chi connectivity index (χ0) is 41.9. The summed E-state index contributed by atoms with van der Waals surface area (Å²) in [6, 6.07) is 61.7. The van der Waals surface area contributed by atoms with Gasteiger partial charge in [-0.1, -0.05) is 133 Å². The Balaban J connectivity index is 1.24. The molecule has 14 rings (SSSR count). The Bertz CT molecular complexity index is 3940. The lowest BCUT2D eigenvalue weighted by Gasteiger charge is -2.16. The molecule has 298 valence electrons. The number of aromatic nitrogens is 7. The van der Waals surface area contributed by atoms with Gasteiger partial charge in [0.2, 0.25) is 0 Å². The summed E-state index contributed by atoms with van der Waals surface area (Å²) < 4.78 is 9.38. The first kappa shape index (κ1) is 35.5. The standard InChI is InChI=1S/C55H31N7S2/c1-3-15-32(16-4-1)51-58-52(33-17-5-2-6-18-33)60-53(59-51)46-47-40(34-19-7-11-23-42(34)61(47)54-49-38(27-29-56-54)36-21-9-13-25-44(36)63-49)31-41-35-20-8-12-24-43(35)62(48(41)46)55-50-39(28-30-57-55)37-22-10-14-26-45(37)64-50/h1-31H. The Labute approximate surface area is 372 Å². The summed E-state index contributed by atoms with van der Waals surface area (Å²) in [5.74, 6) is 3.46. The van der Waals surface area contributed by atoms with Crippen molar-refractivity contribution in [2.24, 2.45) is 0 Å². The fourth-order valence-corrected chi connectivity index (χ4v) is 12.1. The number of benzene rings is 7. The van der Waals surface area contributed by atoms with E-state index in [1.165, 1.54) is 30.9 Å². The number of hydrogen-bond acceptors (Lipinski definition) is 7. The van der Waals surface area contributed by atoms with Crippen molar-refractivity contribution in [3.63, 3.8) is 0 Å². The van der Waals surface area contributed by atoms with Gasteiger partial charge in [-0.3, -0.25) is 9.13 Å². The molecule has 0 bridgehead atoms. The van der Waals surface area contributed by atoms with Crippen molar-refractivity contribution in [3.05, 3.63) is 188 Å². The van der Waals surface area contributed by atoms with Gasteiger partial charge in [-0.15, -0.1) is 22.7 Å². The van der Waals surface area contributed by atoms with Gasteiger partial charge in [-0.05, 0) is 42.5 Å². The molecule has 7 heterocycles. The topological polar surface area (TPSA) is 74.3 Å².